The van der Waals surface area contributed by atoms with E-state index in [1.807, 2.05) is 0 Å². The second-order valence-electron chi connectivity index (χ2n) is 6.00. The molecule has 106 valence electrons. The van der Waals surface area contributed by atoms with Crippen LogP contribution < -0.4 is 5.32 Å². The lowest BCUT2D eigenvalue weighted by molar-refractivity contribution is 0.192. The lowest BCUT2D eigenvalue weighted by atomic mass is 10.0. The molecule has 1 aromatic carbocycles. The molecule has 1 heterocycles. The maximum atomic E-state index is 3.56. The van der Waals surface area contributed by atoms with Crippen molar-refractivity contribution in [1.82, 2.24) is 10.2 Å². The standard InChI is InChI=1S/C17H28N2/c1-4-18-17-9-11-19(12-10-17)13-15-5-7-16(8-6-15)14(2)3/h5-8,14,17-18H,4,9-13H2,1-3H3. The molecule has 1 aliphatic rings. The zero-order valence-corrected chi connectivity index (χ0v) is 12.7. The van der Waals surface area contributed by atoms with Gasteiger partial charge in [-0.05, 0) is 49.5 Å². The highest BCUT2D eigenvalue weighted by Gasteiger charge is 2.18. The zero-order valence-electron chi connectivity index (χ0n) is 12.7. The minimum atomic E-state index is 0.630. The smallest absolute Gasteiger partial charge is 0.0233 e. The van der Waals surface area contributed by atoms with Crippen molar-refractivity contribution >= 4 is 0 Å². The number of likely N-dealkylation sites (tertiary alicyclic amines) is 1. The first-order valence-corrected chi connectivity index (χ1v) is 7.73. The van der Waals surface area contributed by atoms with Crippen LogP contribution in [0.4, 0.5) is 0 Å². The highest BCUT2D eigenvalue weighted by Crippen LogP contribution is 2.17. The van der Waals surface area contributed by atoms with Crippen LogP contribution in [0.5, 0.6) is 0 Å². The van der Waals surface area contributed by atoms with Crippen LogP contribution in [0.1, 0.15) is 50.7 Å². The summed E-state index contributed by atoms with van der Waals surface area (Å²) >= 11 is 0. The number of nitrogens with one attached hydrogen (secondary N) is 1. The molecular formula is C17H28N2. The van der Waals surface area contributed by atoms with E-state index in [2.05, 4.69) is 55.3 Å². The first-order chi connectivity index (χ1) is 9.19. The molecule has 0 aromatic heterocycles. The van der Waals surface area contributed by atoms with E-state index in [9.17, 15) is 0 Å². The summed E-state index contributed by atoms with van der Waals surface area (Å²) in [6.07, 6.45) is 2.58. The Balaban J connectivity index is 1.82. The predicted molar refractivity (Wildman–Crippen MR) is 82.5 cm³/mol. The van der Waals surface area contributed by atoms with Gasteiger partial charge in [0.05, 0.1) is 0 Å². The van der Waals surface area contributed by atoms with Crippen LogP contribution in [0, 0.1) is 0 Å². The third kappa shape index (κ3) is 4.32. The minimum Gasteiger partial charge on any atom is -0.314 e. The molecule has 1 aliphatic heterocycles. The second kappa shape index (κ2) is 7.06. The Morgan fingerprint density at radius 1 is 1.16 bits per heavy atom. The van der Waals surface area contributed by atoms with E-state index in [-0.39, 0.29) is 0 Å². The zero-order chi connectivity index (χ0) is 13.7. The van der Waals surface area contributed by atoms with Crippen LogP contribution in [0.2, 0.25) is 0 Å². The molecular weight excluding hydrogens is 232 g/mol. The van der Waals surface area contributed by atoms with Gasteiger partial charge in [-0.2, -0.15) is 0 Å². The van der Waals surface area contributed by atoms with Crippen molar-refractivity contribution in [3.05, 3.63) is 35.4 Å². The Hall–Kier alpha value is -0.860. The number of hydrogen-bond acceptors (Lipinski definition) is 2. The first-order valence-electron chi connectivity index (χ1n) is 7.73. The van der Waals surface area contributed by atoms with Crippen LogP contribution >= 0.6 is 0 Å². The van der Waals surface area contributed by atoms with Gasteiger partial charge >= 0.3 is 0 Å². The van der Waals surface area contributed by atoms with E-state index < -0.39 is 0 Å². The lowest BCUT2D eigenvalue weighted by Gasteiger charge is -2.32. The van der Waals surface area contributed by atoms with Crippen molar-refractivity contribution in [1.29, 1.82) is 0 Å². The number of benzene rings is 1. The van der Waals surface area contributed by atoms with Crippen molar-refractivity contribution in [3.63, 3.8) is 0 Å². The van der Waals surface area contributed by atoms with Crippen LogP contribution in [-0.4, -0.2) is 30.6 Å². The molecule has 0 radical (unpaired) electrons. The highest BCUT2D eigenvalue weighted by molar-refractivity contribution is 5.24. The van der Waals surface area contributed by atoms with E-state index in [1.165, 1.54) is 37.1 Å². The number of piperidine rings is 1. The Kier molecular flexibility index (Phi) is 5.41. The molecule has 0 atom stereocenters. The summed E-state index contributed by atoms with van der Waals surface area (Å²) in [4.78, 5) is 2.58. The molecule has 1 aromatic rings. The first kappa shape index (κ1) is 14.5. The van der Waals surface area contributed by atoms with Crippen molar-refractivity contribution in [2.24, 2.45) is 0 Å². The summed E-state index contributed by atoms with van der Waals surface area (Å²) in [6, 6.07) is 9.90. The molecule has 0 saturated carbocycles. The quantitative estimate of drug-likeness (QED) is 0.873. The lowest BCUT2D eigenvalue weighted by Crippen LogP contribution is -2.42. The monoisotopic (exact) mass is 260 g/mol. The summed E-state index contributed by atoms with van der Waals surface area (Å²) in [5.74, 6) is 0.630. The number of hydrogen-bond donors (Lipinski definition) is 1. The van der Waals surface area contributed by atoms with E-state index in [4.69, 9.17) is 0 Å². The summed E-state index contributed by atoms with van der Waals surface area (Å²) in [5.41, 5.74) is 2.89. The molecule has 2 heteroatoms. The molecule has 0 amide bonds. The largest absolute Gasteiger partial charge is 0.314 e. The van der Waals surface area contributed by atoms with Crippen molar-refractivity contribution in [2.45, 2.75) is 52.1 Å². The molecule has 2 nitrogen and oxygen atoms in total. The van der Waals surface area contributed by atoms with Gasteiger partial charge < -0.3 is 5.32 Å². The van der Waals surface area contributed by atoms with Gasteiger partial charge in [0.15, 0.2) is 0 Å². The van der Waals surface area contributed by atoms with Gasteiger partial charge in [0.2, 0.25) is 0 Å². The summed E-state index contributed by atoms with van der Waals surface area (Å²) < 4.78 is 0. The van der Waals surface area contributed by atoms with Gasteiger partial charge in [0.25, 0.3) is 0 Å². The molecule has 0 bridgehead atoms. The summed E-state index contributed by atoms with van der Waals surface area (Å²) in [5, 5.41) is 3.56. The van der Waals surface area contributed by atoms with Gasteiger partial charge in [0, 0.05) is 12.6 Å². The fourth-order valence-electron chi connectivity index (χ4n) is 2.85. The fourth-order valence-corrected chi connectivity index (χ4v) is 2.85. The van der Waals surface area contributed by atoms with Gasteiger partial charge in [-0.15, -0.1) is 0 Å². The summed E-state index contributed by atoms with van der Waals surface area (Å²) in [7, 11) is 0. The van der Waals surface area contributed by atoms with E-state index >= 15 is 0 Å². The molecule has 2 rings (SSSR count). The average Bonchev–Trinajstić information content (AvgIpc) is 2.42. The molecule has 0 unspecified atom stereocenters. The maximum absolute atomic E-state index is 3.56. The van der Waals surface area contributed by atoms with Gasteiger partial charge in [0.1, 0.15) is 0 Å². The Labute approximate surface area is 118 Å². The Morgan fingerprint density at radius 3 is 2.32 bits per heavy atom. The average molecular weight is 260 g/mol. The van der Waals surface area contributed by atoms with Crippen molar-refractivity contribution in [2.75, 3.05) is 19.6 Å². The highest BCUT2D eigenvalue weighted by atomic mass is 15.1. The molecule has 1 saturated heterocycles. The van der Waals surface area contributed by atoms with E-state index in [1.54, 1.807) is 0 Å². The van der Waals surface area contributed by atoms with E-state index in [0.717, 1.165) is 19.1 Å². The minimum absolute atomic E-state index is 0.630. The molecule has 0 spiro atoms. The molecule has 0 aliphatic carbocycles. The van der Waals surface area contributed by atoms with Crippen LogP contribution in [0.25, 0.3) is 0 Å². The van der Waals surface area contributed by atoms with Gasteiger partial charge in [-0.1, -0.05) is 45.0 Å². The Morgan fingerprint density at radius 2 is 1.79 bits per heavy atom. The van der Waals surface area contributed by atoms with Gasteiger partial charge in [-0.3, -0.25) is 4.90 Å². The third-order valence-electron chi connectivity index (χ3n) is 4.13. The van der Waals surface area contributed by atoms with Crippen LogP contribution in [-0.2, 0) is 6.54 Å². The topological polar surface area (TPSA) is 15.3 Å². The molecule has 19 heavy (non-hydrogen) atoms. The molecule has 1 fully saturated rings. The Bertz CT molecular complexity index is 361. The summed E-state index contributed by atoms with van der Waals surface area (Å²) in [6.45, 7) is 11.4. The third-order valence-corrected chi connectivity index (χ3v) is 4.13. The van der Waals surface area contributed by atoms with E-state index in [0.29, 0.717) is 5.92 Å². The normalized spacial score (nSPS) is 18.1. The van der Waals surface area contributed by atoms with Crippen LogP contribution in [0.3, 0.4) is 0 Å². The number of rotatable bonds is 5. The van der Waals surface area contributed by atoms with Crippen molar-refractivity contribution < 1.29 is 0 Å². The number of nitrogens with zero attached hydrogens (tertiary/aromatic N) is 1. The SMILES string of the molecule is CCNC1CCN(Cc2ccc(C(C)C)cc2)CC1. The van der Waals surface area contributed by atoms with Crippen molar-refractivity contribution in [3.8, 4) is 0 Å². The fraction of sp³-hybridized carbons (Fsp3) is 0.647. The molecule has 1 N–H and O–H groups in total. The van der Waals surface area contributed by atoms with Gasteiger partial charge in [-0.25, -0.2) is 0 Å². The second-order valence-corrected chi connectivity index (χ2v) is 6.00. The van der Waals surface area contributed by atoms with Crippen LogP contribution in [0.15, 0.2) is 24.3 Å². The maximum Gasteiger partial charge on any atom is 0.0233 e. The predicted octanol–water partition coefficient (Wildman–Crippen LogP) is 3.38.